The van der Waals surface area contributed by atoms with E-state index in [4.69, 9.17) is 21.7 Å². The standard InChI is InChI=1S/C25H35N5O4S/c1-4-29(16-15-20-13-14-22(33-18(2)31)23(17-20)34-19(3)32)25(35)12-8-11-24-26-27-28-30(24)21-9-6-5-7-10-21/h13-14,17,21H,4-12,15-16H2,1-3H3. The summed E-state index contributed by atoms with van der Waals surface area (Å²) in [5.74, 6) is 0.484. The molecule has 0 unspecified atom stereocenters. The fourth-order valence-corrected chi connectivity index (χ4v) is 4.81. The van der Waals surface area contributed by atoms with Gasteiger partial charge in [0, 0.05) is 33.4 Å². The Kier molecular flexibility index (Phi) is 10.1. The number of aromatic nitrogens is 4. The molecule has 190 valence electrons. The summed E-state index contributed by atoms with van der Waals surface area (Å²) in [4.78, 5) is 25.9. The molecule has 0 spiro atoms. The number of thiocarbonyl (C=S) groups is 1. The molecule has 2 aromatic rings. The average Bonchev–Trinajstić information content (AvgIpc) is 3.29. The van der Waals surface area contributed by atoms with Gasteiger partial charge >= 0.3 is 11.9 Å². The zero-order chi connectivity index (χ0) is 25.2. The van der Waals surface area contributed by atoms with E-state index in [1.165, 1.54) is 33.1 Å². The van der Waals surface area contributed by atoms with E-state index >= 15 is 0 Å². The van der Waals surface area contributed by atoms with Crippen LogP contribution in [-0.4, -0.2) is 55.1 Å². The number of carbonyl (C=O) groups is 2. The summed E-state index contributed by atoms with van der Waals surface area (Å²) in [5, 5.41) is 12.4. The fourth-order valence-electron chi connectivity index (χ4n) is 4.45. The largest absolute Gasteiger partial charge is 0.423 e. The Morgan fingerprint density at radius 2 is 1.80 bits per heavy atom. The summed E-state index contributed by atoms with van der Waals surface area (Å²) >= 11 is 5.73. The number of aryl methyl sites for hydroxylation is 1. The fraction of sp³-hybridized carbons (Fsp3) is 0.600. The summed E-state index contributed by atoms with van der Waals surface area (Å²) in [6.07, 6.45) is 9.31. The molecule has 0 atom stereocenters. The number of hydrogen-bond acceptors (Lipinski definition) is 8. The normalized spacial score (nSPS) is 13.9. The molecule has 0 radical (unpaired) electrons. The molecule has 0 bridgehead atoms. The van der Waals surface area contributed by atoms with Crippen LogP contribution in [0.4, 0.5) is 0 Å². The van der Waals surface area contributed by atoms with Crippen molar-refractivity contribution in [2.45, 2.75) is 84.6 Å². The summed E-state index contributed by atoms with van der Waals surface area (Å²) in [7, 11) is 0. The summed E-state index contributed by atoms with van der Waals surface area (Å²) < 4.78 is 12.4. The molecule has 0 N–H and O–H groups in total. The smallest absolute Gasteiger partial charge is 0.308 e. The molecule has 1 saturated carbocycles. The Labute approximate surface area is 212 Å². The number of rotatable bonds is 11. The first-order chi connectivity index (χ1) is 16.9. The molecule has 35 heavy (non-hydrogen) atoms. The van der Waals surface area contributed by atoms with Gasteiger partial charge in [0.2, 0.25) is 0 Å². The molecule has 1 aliphatic carbocycles. The van der Waals surface area contributed by atoms with Crippen LogP contribution in [0.5, 0.6) is 11.5 Å². The lowest BCUT2D eigenvalue weighted by atomic mass is 9.95. The number of esters is 2. The van der Waals surface area contributed by atoms with E-state index in [2.05, 4.69) is 27.3 Å². The van der Waals surface area contributed by atoms with Crippen LogP contribution in [0.2, 0.25) is 0 Å². The second-order valence-corrected chi connectivity index (χ2v) is 9.35. The molecule has 0 saturated heterocycles. The van der Waals surface area contributed by atoms with Crippen LogP contribution < -0.4 is 9.47 Å². The van der Waals surface area contributed by atoms with Gasteiger partial charge in [-0.15, -0.1) is 5.10 Å². The Morgan fingerprint density at radius 1 is 1.09 bits per heavy atom. The first-order valence-electron chi connectivity index (χ1n) is 12.4. The number of likely N-dealkylation sites (N-methyl/N-ethyl adjacent to an activating group) is 1. The van der Waals surface area contributed by atoms with Crippen molar-refractivity contribution in [3.63, 3.8) is 0 Å². The zero-order valence-corrected chi connectivity index (χ0v) is 21.7. The van der Waals surface area contributed by atoms with Crippen molar-refractivity contribution in [3.05, 3.63) is 29.6 Å². The Balaban J connectivity index is 1.52. The van der Waals surface area contributed by atoms with E-state index in [1.807, 2.05) is 10.7 Å². The number of ether oxygens (including phenoxy) is 2. The first-order valence-corrected chi connectivity index (χ1v) is 12.8. The van der Waals surface area contributed by atoms with Crippen LogP contribution >= 0.6 is 12.2 Å². The summed E-state index contributed by atoms with van der Waals surface area (Å²) in [6.45, 7) is 6.25. The minimum atomic E-state index is -0.471. The predicted molar refractivity (Wildman–Crippen MR) is 135 cm³/mol. The maximum absolute atomic E-state index is 11.5. The second kappa shape index (κ2) is 13.3. The van der Waals surface area contributed by atoms with E-state index in [-0.39, 0.29) is 11.5 Å². The number of benzene rings is 1. The van der Waals surface area contributed by atoms with Crippen LogP contribution in [0.3, 0.4) is 0 Å². The van der Waals surface area contributed by atoms with Gasteiger partial charge in [-0.2, -0.15) is 0 Å². The molecule has 3 rings (SSSR count). The lowest BCUT2D eigenvalue weighted by Crippen LogP contribution is -2.31. The van der Waals surface area contributed by atoms with Crippen molar-refractivity contribution in [2.24, 2.45) is 0 Å². The van der Waals surface area contributed by atoms with Crippen LogP contribution in [0.25, 0.3) is 0 Å². The maximum Gasteiger partial charge on any atom is 0.308 e. The molecule has 1 aromatic carbocycles. The molecule has 9 nitrogen and oxygen atoms in total. The van der Waals surface area contributed by atoms with Gasteiger partial charge in [0.25, 0.3) is 0 Å². The SMILES string of the molecule is CCN(CCc1ccc(OC(C)=O)c(OC(C)=O)c1)C(=S)CCCc1nnnn1C1CCCCC1. The van der Waals surface area contributed by atoms with Crippen molar-refractivity contribution < 1.29 is 19.1 Å². The van der Waals surface area contributed by atoms with Crippen molar-refractivity contribution >= 4 is 29.1 Å². The van der Waals surface area contributed by atoms with E-state index in [9.17, 15) is 9.59 Å². The molecule has 0 aliphatic heterocycles. The summed E-state index contributed by atoms with van der Waals surface area (Å²) in [5.41, 5.74) is 0.963. The lowest BCUT2D eigenvalue weighted by molar-refractivity contribution is -0.134. The van der Waals surface area contributed by atoms with Gasteiger partial charge in [-0.05, 0) is 67.2 Å². The molecule has 1 aliphatic rings. The highest BCUT2D eigenvalue weighted by Gasteiger charge is 2.20. The van der Waals surface area contributed by atoms with E-state index in [0.29, 0.717) is 12.5 Å². The molecule has 10 heteroatoms. The van der Waals surface area contributed by atoms with Gasteiger partial charge in [-0.25, -0.2) is 4.68 Å². The Morgan fingerprint density at radius 3 is 2.49 bits per heavy atom. The van der Waals surface area contributed by atoms with Gasteiger partial charge in [0.05, 0.1) is 11.0 Å². The minimum Gasteiger partial charge on any atom is -0.423 e. The maximum atomic E-state index is 11.5. The van der Waals surface area contributed by atoms with Crippen molar-refractivity contribution in [3.8, 4) is 11.5 Å². The van der Waals surface area contributed by atoms with Gasteiger partial charge in [-0.1, -0.05) is 37.5 Å². The molecule has 1 fully saturated rings. The van der Waals surface area contributed by atoms with Gasteiger partial charge in [0.1, 0.15) is 0 Å². The zero-order valence-electron chi connectivity index (χ0n) is 20.9. The highest BCUT2D eigenvalue weighted by molar-refractivity contribution is 7.80. The average molecular weight is 502 g/mol. The molecule has 1 aromatic heterocycles. The number of nitrogens with zero attached hydrogens (tertiary/aromatic N) is 5. The summed E-state index contributed by atoms with van der Waals surface area (Å²) in [6, 6.07) is 5.69. The molecule has 0 amide bonds. The van der Waals surface area contributed by atoms with E-state index < -0.39 is 11.9 Å². The highest BCUT2D eigenvalue weighted by atomic mass is 32.1. The van der Waals surface area contributed by atoms with Crippen LogP contribution in [0, 0.1) is 0 Å². The second-order valence-electron chi connectivity index (χ2n) is 8.88. The highest BCUT2D eigenvalue weighted by Crippen LogP contribution is 2.30. The van der Waals surface area contributed by atoms with Crippen LogP contribution in [0.1, 0.15) is 83.1 Å². The third-order valence-electron chi connectivity index (χ3n) is 6.19. The van der Waals surface area contributed by atoms with Gasteiger partial charge < -0.3 is 14.4 Å². The Bertz CT molecular complexity index is 1020. The van der Waals surface area contributed by atoms with Gasteiger partial charge in [-0.3, -0.25) is 9.59 Å². The van der Waals surface area contributed by atoms with Gasteiger partial charge in [0.15, 0.2) is 17.3 Å². The lowest BCUT2D eigenvalue weighted by Gasteiger charge is -2.24. The quantitative estimate of drug-likeness (QED) is 0.254. The van der Waals surface area contributed by atoms with E-state index in [1.54, 1.807) is 12.1 Å². The Hall–Kier alpha value is -2.88. The molecular formula is C25H35N5O4S. The third-order valence-corrected chi connectivity index (χ3v) is 6.66. The van der Waals surface area contributed by atoms with Crippen LogP contribution in [-0.2, 0) is 22.4 Å². The number of hydrogen-bond donors (Lipinski definition) is 0. The van der Waals surface area contributed by atoms with Crippen molar-refractivity contribution in [1.29, 1.82) is 0 Å². The van der Waals surface area contributed by atoms with E-state index in [0.717, 1.165) is 61.6 Å². The van der Waals surface area contributed by atoms with Crippen molar-refractivity contribution in [1.82, 2.24) is 25.1 Å². The number of tetrazole rings is 1. The third kappa shape index (κ3) is 8.09. The topological polar surface area (TPSA) is 99.4 Å². The van der Waals surface area contributed by atoms with Crippen LogP contribution in [0.15, 0.2) is 18.2 Å². The number of carbonyl (C=O) groups excluding carboxylic acids is 2. The molecule has 1 heterocycles. The molecular weight excluding hydrogens is 466 g/mol. The predicted octanol–water partition coefficient (Wildman–Crippen LogP) is 4.24. The monoisotopic (exact) mass is 501 g/mol. The van der Waals surface area contributed by atoms with Crippen molar-refractivity contribution in [2.75, 3.05) is 13.1 Å². The minimum absolute atomic E-state index is 0.231. The first kappa shape index (κ1) is 26.7.